The van der Waals surface area contributed by atoms with Crippen LogP contribution in [-0.4, -0.2) is 79.7 Å². The van der Waals surface area contributed by atoms with Crippen molar-refractivity contribution < 1.29 is 27.9 Å². The molecular formula is C20H27N3O6S2. The van der Waals surface area contributed by atoms with Gasteiger partial charge in [-0.15, -0.1) is 0 Å². The van der Waals surface area contributed by atoms with Crippen LogP contribution >= 0.6 is 11.8 Å². The van der Waals surface area contributed by atoms with Crippen molar-refractivity contribution in [3.05, 3.63) is 23.8 Å². The third-order valence-electron chi connectivity index (χ3n) is 5.31. The number of carbonyl (C=O) groups is 2. The van der Waals surface area contributed by atoms with Crippen molar-refractivity contribution in [2.24, 2.45) is 4.99 Å². The largest absolute Gasteiger partial charge is 0.480 e. The average molecular weight is 470 g/mol. The standard InChI is InChI=1S/C20H27N3O6S2/c1-4-22(5-2)14-6-7-15(13(3)8-14)23-16-11-31(27,28)12-17(16)30-20(23)21-18(24)9-29-10-19(25)26/h6-8,16-17H,4-5,9-12H2,1-3H3,(H,25,26). The molecule has 0 aliphatic carbocycles. The number of aliphatic imine (C=N–C) groups is 1. The van der Waals surface area contributed by atoms with Gasteiger partial charge in [0.25, 0.3) is 5.91 Å². The highest BCUT2D eigenvalue weighted by atomic mass is 32.2. The summed E-state index contributed by atoms with van der Waals surface area (Å²) in [5, 5.41) is 8.86. The van der Waals surface area contributed by atoms with E-state index in [1.54, 1.807) is 0 Å². The van der Waals surface area contributed by atoms with Gasteiger partial charge in [0.1, 0.15) is 13.2 Å². The summed E-state index contributed by atoms with van der Waals surface area (Å²) in [5.74, 6) is -1.72. The molecule has 2 unspecified atom stereocenters. The van der Waals surface area contributed by atoms with Crippen molar-refractivity contribution in [1.82, 2.24) is 0 Å². The van der Waals surface area contributed by atoms with E-state index >= 15 is 0 Å². The van der Waals surface area contributed by atoms with Crippen LogP contribution in [0.25, 0.3) is 0 Å². The molecule has 9 nitrogen and oxygen atoms in total. The number of carbonyl (C=O) groups excluding carboxylic acids is 1. The molecule has 0 aromatic heterocycles. The second-order valence-electron chi connectivity index (χ2n) is 7.49. The van der Waals surface area contributed by atoms with E-state index in [0.717, 1.165) is 30.0 Å². The molecule has 31 heavy (non-hydrogen) atoms. The number of rotatable bonds is 8. The summed E-state index contributed by atoms with van der Waals surface area (Å²) >= 11 is 1.28. The lowest BCUT2D eigenvalue weighted by atomic mass is 10.1. The number of ether oxygens (including phenoxy) is 1. The second kappa shape index (κ2) is 9.58. The van der Waals surface area contributed by atoms with Crippen LogP contribution in [0.1, 0.15) is 19.4 Å². The summed E-state index contributed by atoms with van der Waals surface area (Å²) < 4.78 is 29.3. The minimum Gasteiger partial charge on any atom is -0.480 e. The number of hydrogen-bond acceptors (Lipinski definition) is 7. The molecule has 0 spiro atoms. The molecule has 2 aliphatic rings. The Bertz CT molecular complexity index is 991. The topological polar surface area (TPSA) is 117 Å². The van der Waals surface area contributed by atoms with Crippen molar-refractivity contribution in [3.63, 3.8) is 0 Å². The number of sulfone groups is 1. The van der Waals surface area contributed by atoms with E-state index in [1.807, 2.05) is 24.0 Å². The number of hydrogen-bond donors (Lipinski definition) is 1. The van der Waals surface area contributed by atoms with Crippen molar-refractivity contribution in [2.75, 3.05) is 47.6 Å². The SMILES string of the molecule is CCN(CC)c1ccc(N2C(=NC(=O)COCC(=O)O)SC3CS(=O)(=O)CC32)c(C)c1. The number of thioether (sulfide) groups is 1. The summed E-state index contributed by atoms with van der Waals surface area (Å²) in [6.07, 6.45) is 0. The van der Waals surface area contributed by atoms with Crippen LogP contribution in [0.3, 0.4) is 0 Å². The van der Waals surface area contributed by atoms with Gasteiger partial charge in [0, 0.05) is 29.7 Å². The lowest BCUT2D eigenvalue weighted by Crippen LogP contribution is -2.38. The lowest BCUT2D eigenvalue weighted by molar-refractivity contribution is -0.143. The number of fused-ring (bicyclic) bond motifs is 1. The van der Waals surface area contributed by atoms with Crippen LogP contribution in [0, 0.1) is 6.92 Å². The Morgan fingerprint density at radius 1 is 1.26 bits per heavy atom. The fourth-order valence-corrected chi connectivity index (χ4v) is 7.83. The first-order chi connectivity index (χ1) is 14.6. The van der Waals surface area contributed by atoms with Gasteiger partial charge < -0.3 is 19.6 Å². The lowest BCUT2D eigenvalue weighted by Gasteiger charge is -2.28. The van der Waals surface area contributed by atoms with E-state index in [2.05, 4.69) is 29.8 Å². The zero-order chi connectivity index (χ0) is 22.8. The third-order valence-corrected chi connectivity index (χ3v) is 8.52. The number of aliphatic carboxylic acids is 1. The number of aryl methyl sites for hydroxylation is 1. The van der Waals surface area contributed by atoms with Crippen LogP contribution in [0.5, 0.6) is 0 Å². The first-order valence-electron chi connectivity index (χ1n) is 10.1. The first kappa shape index (κ1) is 23.6. The van der Waals surface area contributed by atoms with E-state index in [0.29, 0.717) is 5.17 Å². The zero-order valence-corrected chi connectivity index (χ0v) is 19.4. The second-order valence-corrected chi connectivity index (χ2v) is 10.8. The number of benzene rings is 1. The summed E-state index contributed by atoms with van der Waals surface area (Å²) in [6.45, 7) is 6.84. The maximum Gasteiger partial charge on any atom is 0.329 e. The van der Waals surface area contributed by atoms with Crippen molar-refractivity contribution in [2.45, 2.75) is 32.1 Å². The third kappa shape index (κ3) is 5.39. The van der Waals surface area contributed by atoms with Gasteiger partial charge >= 0.3 is 5.97 Å². The molecule has 2 saturated heterocycles. The summed E-state index contributed by atoms with van der Waals surface area (Å²) in [6, 6.07) is 5.68. The summed E-state index contributed by atoms with van der Waals surface area (Å²) in [4.78, 5) is 31.0. The van der Waals surface area contributed by atoms with Crippen LogP contribution in [0.2, 0.25) is 0 Å². The maximum absolute atomic E-state index is 12.2. The normalized spacial score (nSPS) is 23.2. The van der Waals surface area contributed by atoms with Crippen LogP contribution in [-0.2, 0) is 24.2 Å². The molecule has 1 aromatic carbocycles. The Kier molecular flexibility index (Phi) is 7.28. The van der Waals surface area contributed by atoms with Gasteiger partial charge in [0.15, 0.2) is 15.0 Å². The average Bonchev–Trinajstić information content (AvgIpc) is 3.13. The number of anilines is 2. The van der Waals surface area contributed by atoms with E-state index in [-0.39, 0.29) is 22.8 Å². The Hall–Kier alpha value is -2.11. The van der Waals surface area contributed by atoms with Gasteiger partial charge in [0.2, 0.25) is 0 Å². The highest BCUT2D eigenvalue weighted by Crippen LogP contribution is 2.42. The smallest absolute Gasteiger partial charge is 0.329 e. The first-order valence-corrected chi connectivity index (χ1v) is 12.8. The quantitative estimate of drug-likeness (QED) is 0.605. The predicted molar refractivity (Wildman–Crippen MR) is 122 cm³/mol. The Labute approximate surface area is 186 Å². The Morgan fingerprint density at radius 2 is 1.97 bits per heavy atom. The Balaban J connectivity index is 1.92. The molecule has 1 N–H and O–H groups in total. The molecule has 1 amide bonds. The molecule has 2 fully saturated rings. The van der Waals surface area contributed by atoms with Crippen LogP contribution < -0.4 is 9.80 Å². The number of amides is 1. The van der Waals surface area contributed by atoms with Crippen molar-refractivity contribution in [3.8, 4) is 0 Å². The molecule has 0 saturated carbocycles. The van der Waals surface area contributed by atoms with E-state index in [4.69, 9.17) is 9.84 Å². The molecule has 2 aliphatic heterocycles. The van der Waals surface area contributed by atoms with Gasteiger partial charge in [0.05, 0.1) is 17.5 Å². The molecule has 2 atom stereocenters. The molecule has 3 rings (SSSR count). The summed E-state index contributed by atoms with van der Waals surface area (Å²) in [5.41, 5.74) is 2.84. The monoisotopic (exact) mass is 469 g/mol. The van der Waals surface area contributed by atoms with E-state index < -0.39 is 34.9 Å². The van der Waals surface area contributed by atoms with E-state index in [9.17, 15) is 18.0 Å². The molecule has 11 heteroatoms. The molecule has 0 radical (unpaired) electrons. The van der Waals surface area contributed by atoms with Gasteiger partial charge in [-0.05, 0) is 44.5 Å². The van der Waals surface area contributed by atoms with Gasteiger partial charge in [-0.3, -0.25) is 4.79 Å². The summed E-state index contributed by atoms with van der Waals surface area (Å²) in [7, 11) is -3.16. The minimum atomic E-state index is -3.16. The maximum atomic E-state index is 12.2. The fraction of sp³-hybridized carbons (Fsp3) is 0.550. The van der Waals surface area contributed by atoms with Crippen LogP contribution in [0.15, 0.2) is 23.2 Å². The highest BCUT2D eigenvalue weighted by Gasteiger charge is 2.49. The number of nitrogens with zero attached hydrogens (tertiary/aromatic N) is 3. The fourth-order valence-electron chi connectivity index (χ4n) is 3.91. The van der Waals surface area contributed by atoms with Crippen molar-refractivity contribution in [1.29, 1.82) is 0 Å². The van der Waals surface area contributed by atoms with Crippen LogP contribution in [0.4, 0.5) is 11.4 Å². The number of carboxylic acid groups (broad SMARTS) is 1. The molecule has 0 bridgehead atoms. The highest BCUT2D eigenvalue weighted by molar-refractivity contribution is 8.16. The zero-order valence-electron chi connectivity index (χ0n) is 17.8. The molecular weight excluding hydrogens is 442 g/mol. The van der Waals surface area contributed by atoms with Crippen molar-refractivity contribution >= 4 is 50.0 Å². The number of carboxylic acids is 1. The molecule has 1 aromatic rings. The van der Waals surface area contributed by atoms with Gasteiger partial charge in [-0.25, -0.2) is 13.2 Å². The van der Waals surface area contributed by atoms with Gasteiger partial charge in [-0.1, -0.05) is 11.8 Å². The van der Waals surface area contributed by atoms with E-state index in [1.165, 1.54) is 11.8 Å². The molecule has 170 valence electrons. The van der Waals surface area contributed by atoms with Gasteiger partial charge in [-0.2, -0.15) is 4.99 Å². The minimum absolute atomic E-state index is 0.00459. The number of amidine groups is 1. The molecule has 2 heterocycles. The Morgan fingerprint density at radius 3 is 2.58 bits per heavy atom. The predicted octanol–water partition coefficient (Wildman–Crippen LogP) is 1.54.